The van der Waals surface area contributed by atoms with E-state index in [2.05, 4.69) is 73.5 Å². The fraction of sp³-hybridized carbons (Fsp3) is 0.462. The number of nitrogens with one attached hydrogen (secondary N) is 1. The Labute approximate surface area is 140 Å². The summed E-state index contributed by atoms with van der Waals surface area (Å²) in [6, 6.07) is 3.79. The van der Waals surface area contributed by atoms with Crippen molar-refractivity contribution in [2.24, 2.45) is 0 Å². The summed E-state index contributed by atoms with van der Waals surface area (Å²) in [5.41, 5.74) is 0.816. The molecule has 0 bridgehead atoms. The van der Waals surface area contributed by atoms with Crippen molar-refractivity contribution in [2.75, 3.05) is 7.11 Å². The summed E-state index contributed by atoms with van der Waals surface area (Å²) in [5, 5.41) is 15.3. The van der Waals surface area contributed by atoms with Crippen LogP contribution in [0.15, 0.2) is 21.1 Å². The number of ether oxygens (including phenoxy) is 1. The van der Waals surface area contributed by atoms with Crippen LogP contribution in [0.4, 0.5) is 0 Å². The van der Waals surface area contributed by atoms with Gasteiger partial charge in [0.1, 0.15) is 5.75 Å². The SMILES string of the molecule is COc1cc(-n2nnnc2CNC(C)(C)C)c(Br)cc1Br. The Morgan fingerprint density at radius 3 is 2.57 bits per heavy atom. The maximum absolute atomic E-state index is 5.33. The molecule has 0 aliphatic rings. The zero-order valence-corrected chi connectivity index (χ0v) is 15.5. The molecule has 0 aliphatic carbocycles. The molecule has 1 N–H and O–H groups in total. The fourth-order valence-corrected chi connectivity index (χ4v) is 3.01. The quantitative estimate of drug-likeness (QED) is 0.826. The standard InChI is InChI=1S/C13H17Br2N5O/c1-13(2,3)16-7-12-17-18-19-20(12)10-6-11(21-4)9(15)5-8(10)14/h5-6,16H,7H2,1-4H3. The van der Waals surface area contributed by atoms with Gasteiger partial charge in [-0.05, 0) is 69.1 Å². The largest absolute Gasteiger partial charge is 0.495 e. The van der Waals surface area contributed by atoms with Crippen LogP contribution in [0.3, 0.4) is 0 Å². The molecule has 0 unspecified atom stereocenters. The highest BCUT2D eigenvalue weighted by Gasteiger charge is 2.16. The van der Waals surface area contributed by atoms with E-state index < -0.39 is 0 Å². The van der Waals surface area contributed by atoms with Crippen LogP contribution < -0.4 is 10.1 Å². The number of nitrogens with zero attached hydrogens (tertiary/aromatic N) is 4. The summed E-state index contributed by atoms with van der Waals surface area (Å²) < 4.78 is 8.76. The summed E-state index contributed by atoms with van der Waals surface area (Å²) in [7, 11) is 1.62. The number of aromatic nitrogens is 4. The smallest absolute Gasteiger partial charge is 0.170 e. The normalized spacial score (nSPS) is 11.7. The van der Waals surface area contributed by atoms with Crippen LogP contribution >= 0.6 is 31.9 Å². The second kappa shape index (κ2) is 6.41. The van der Waals surface area contributed by atoms with Gasteiger partial charge in [-0.1, -0.05) is 0 Å². The first kappa shape index (κ1) is 16.4. The van der Waals surface area contributed by atoms with Gasteiger partial charge in [0, 0.05) is 16.1 Å². The zero-order valence-electron chi connectivity index (χ0n) is 12.3. The first-order valence-electron chi connectivity index (χ1n) is 6.37. The maximum atomic E-state index is 5.33. The number of halogens is 2. The molecule has 21 heavy (non-hydrogen) atoms. The molecule has 2 rings (SSSR count). The molecule has 0 saturated carbocycles. The lowest BCUT2D eigenvalue weighted by atomic mass is 10.1. The first-order valence-corrected chi connectivity index (χ1v) is 7.96. The van der Waals surface area contributed by atoms with Gasteiger partial charge in [-0.25, -0.2) is 0 Å². The minimum Gasteiger partial charge on any atom is -0.495 e. The lowest BCUT2D eigenvalue weighted by molar-refractivity contribution is 0.410. The van der Waals surface area contributed by atoms with Gasteiger partial charge in [0.05, 0.1) is 23.8 Å². The number of benzene rings is 1. The third-order valence-electron chi connectivity index (χ3n) is 2.76. The summed E-state index contributed by atoms with van der Waals surface area (Å²) in [6.45, 7) is 6.86. The molecule has 0 atom stereocenters. The van der Waals surface area contributed by atoms with Crippen LogP contribution in [0, 0.1) is 0 Å². The van der Waals surface area contributed by atoms with E-state index in [0.29, 0.717) is 6.54 Å². The minimum absolute atomic E-state index is 0.00851. The molecule has 0 saturated heterocycles. The van der Waals surface area contributed by atoms with Crippen LogP contribution in [-0.4, -0.2) is 32.9 Å². The molecule has 8 heteroatoms. The lowest BCUT2D eigenvalue weighted by Gasteiger charge is -2.20. The molecule has 1 aromatic carbocycles. The van der Waals surface area contributed by atoms with Gasteiger partial charge in [0.2, 0.25) is 0 Å². The molecule has 0 spiro atoms. The Balaban J connectivity index is 2.37. The molecule has 0 amide bonds. The predicted octanol–water partition coefficient (Wildman–Crippen LogP) is 3.08. The summed E-state index contributed by atoms with van der Waals surface area (Å²) in [6.07, 6.45) is 0. The van der Waals surface area contributed by atoms with Crippen LogP contribution in [-0.2, 0) is 6.54 Å². The lowest BCUT2D eigenvalue weighted by Crippen LogP contribution is -2.36. The van der Waals surface area contributed by atoms with Gasteiger partial charge in [0.25, 0.3) is 0 Å². The predicted molar refractivity (Wildman–Crippen MR) is 87.7 cm³/mol. The first-order chi connectivity index (χ1) is 9.81. The molecule has 0 fully saturated rings. The van der Waals surface area contributed by atoms with E-state index in [1.165, 1.54) is 0 Å². The highest BCUT2D eigenvalue weighted by atomic mass is 79.9. The molecule has 0 aliphatic heterocycles. The third kappa shape index (κ3) is 4.02. The zero-order chi connectivity index (χ0) is 15.6. The second-order valence-electron chi connectivity index (χ2n) is 5.55. The maximum Gasteiger partial charge on any atom is 0.170 e. The van der Waals surface area contributed by atoms with Crippen LogP contribution in [0.25, 0.3) is 5.69 Å². The van der Waals surface area contributed by atoms with Gasteiger partial charge < -0.3 is 10.1 Å². The Hall–Kier alpha value is -0.990. The van der Waals surface area contributed by atoms with Gasteiger partial charge in [0.15, 0.2) is 5.82 Å². The minimum atomic E-state index is -0.00851. The highest BCUT2D eigenvalue weighted by molar-refractivity contribution is 9.11. The molecule has 1 heterocycles. The van der Waals surface area contributed by atoms with E-state index in [1.807, 2.05) is 12.1 Å². The molecule has 1 aromatic heterocycles. The van der Waals surface area contributed by atoms with Crippen molar-refractivity contribution < 1.29 is 4.74 Å². The monoisotopic (exact) mass is 417 g/mol. The van der Waals surface area contributed by atoms with E-state index in [4.69, 9.17) is 4.74 Å². The molecule has 2 aromatic rings. The van der Waals surface area contributed by atoms with Crippen molar-refractivity contribution in [2.45, 2.75) is 32.9 Å². The fourth-order valence-electron chi connectivity index (χ4n) is 1.68. The number of rotatable bonds is 4. The summed E-state index contributed by atoms with van der Waals surface area (Å²) in [4.78, 5) is 0. The van der Waals surface area contributed by atoms with Crippen molar-refractivity contribution in [3.8, 4) is 11.4 Å². The van der Waals surface area contributed by atoms with Crippen molar-refractivity contribution in [3.63, 3.8) is 0 Å². The van der Waals surface area contributed by atoms with E-state index in [9.17, 15) is 0 Å². The highest BCUT2D eigenvalue weighted by Crippen LogP contribution is 2.33. The Morgan fingerprint density at radius 2 is 1.95 bits per heavy atom. The van der Waals surface area contributed by atoms with Gasteiger partial charge >= 0.3 is 0 Å². The van der Waals surface area contributed by atoms with Crippen molar-refractivity contribution in [3.05, 3.63) is 26.9 Å². The summed E-state index contributed by atoms with van der Waals surface area (Å²) in [5.74, 6) is 1.45. The van der Waals surface area contributed by atoms with E-state index >= 15 is 0 Å². The molecular formula is C13H17Br2N5O. The van der Waals surface area contributed by atoms with E-state index in [1.54, 1.807) is 11.8 Å². The van der Waals surface area contributed by atoms with Crippen molar-refractivity contribution >= 4 is 31.9 Å². The van der Waals surface area contributed by atoms with Crippen molar-refractivity contribution in [1.82, 2.24) is 25.5 Å². The Bertz CT molecular complexity index is 636. The van der Waals surface area contributed by atoms with E-state index in [0.717, 1.165) is 26.2 Å². The summed E-state index contributed by atoms with van der Waals surface area (Å²) >= 11 is 6.99. The van der Waals surface area contributed by atoms with Crippen molar-refractivity contribution in [1.29, 1.82) is 0 Å². The Kier molecular flexibility index (Phi) is 5.00. The van der Waals surface area contributed by atoms with Gasteiger partial charge in [-0.3, -0.25) is 0 Å². The average molecular weight is 419 g/mol. The van der Waals surface area contributed by atoms with Crippen LogP contribution in [0.2, 0.25) is 0 Å². The van der Waals surface area contributed by atoms with Gasteiger partial charge in [-0.15, -0.1) is 5.10 Å². The second-order valence-corrected chi connectivity index (χ2v) is 7.26. The van der Waals surface area contributed by atoms with E-state index in [-0.39, 0.29) is 5.54 Å². The third-order valence-corrected chi connectivity index (χ3v) is 4.02. The topological polar surface area (TPSA) is 64.9 Å². The average Bonchev–Trinajstić information content (AvgIpc) is 2.84. The Morgan fingerprint density at radius 1 is 1.24 bits per heavy atom. The number of tetrazole rings is 1. The molecular weight excluding hydrogens is 402 g/mol. The van der Waals surface area contributed by atoms with Crippen LogP contribution in [0.1, 0.15) is 26.6 Å². The molecule has 114 valence electrons. The number of hydrogen-bond donors (Lipinski definition) is 1. The van der Waals surface area contributed by atoms with Gasteiger partial charge in [-0.2, -0.15) is 4.68 Å². The van der Waals surface area contributed by atoms with Crippen LogP contribution in [0.5, 0.6) is 5.75 Å². The number of hydrogen-bond acceptors (Lipinski definition) is 5. The number of methoxy groups -OCH3 is 1. The molecule has 6 nitrogen and oxygen atoms in total. The molecule has 0 radical (unpaired) electrons.